The van der Waals surface area contributed by atoms with Crippen LogP contribution in [0.25, 0.3) is 0 Å². The molecular weight excluding hydrogens is 396 g/mol. The fourth-order valence-electron chi connectivity index (χ4n) is 4.02. The van der Waals surface area contributed by atoms with Crippen LogP contribution in [0.15, 0.2) is 53.5 Å². The number of carbonyl (C=O) groups is 1. The lowest BCUT2D eigenvalue weighted by Gasteiger charge is -2.36. The van der Waals surface area contributed by atoms with E-state index in [4.69, 9.17) is 10.5 Å². The van der Waals surface area contributed by atoms with Crippen molar-refractivity contribution in [1.82, 2.24) is 4.90 Å². The fraction of sp³-hybridized carbons (Fsp3) is 0.391. The van der Waals surface area contributed by atoms with Crippen molar-refractivity contribution in [1.29, 1.82) is 0 Å². The molecule has 0 aromatic heterocycles. The molecule has 1 amide bonds. The molecule has 2 N–H and O–H groups in total. The standard InChI is InChI=1S/C23H28N4O2S/c1-23(10-15-30-22(24)25-23)18-8-6-17(7-9-18)21(28)27-13-11-26(12-14-27)19-4-3-5-20(16-19)29-2/h3-9,16H,10-15H2,1-2H3,(H2,24,25). The highest BCUT2D eigenvalue weighted by Crippen LogP contribution is 2.35. The summed E-state index contributed by atoms with van der Waals surface area (Å²) in [5.74, 6) is 1.89. The molecule has 2 heterocycles. The Labute approximate surface area is 182 Å². The van der Waals surface area contributed by atoms with Crippen molar-refractivity contribution >= 4 is 28.5 Å². The Morgan fingerprint density at radius 1 is 1.13 bits per heavy atom. The normalized spacial score (nSPS) is 21.9. The predicted octanol–water partition coefficient (Wildman–Crippen LogP) is 3.32. The fourth-order valence-corrected chi connectivity index (χ4v) is 5.00. The van der Waals surface area contributed by atoms with E-state index in [-0.39, 0.29) is 11.4 Å². The van der Waals surface area contributed by atoms with Gasteiger partial charge in [-0.15, -0.1) is 0 Å². The van der Waals surface area contributed by atoms with Crippen LogP contribution in [0.3, 0.4) is 0 Å². The Hall–Kier alpha value is -2.67. The molecule has 0 bridgehead atoms. The molecule has 2 aromatic rings. The van der Waals surface area contributed by atoms with Gasteiger partial charge in [0.05, 0.1) is 12.6 Å². The number of amides is 1. The van der Waals surface area contributed by atoms with Gasteiger partial charge in [0.1, 0.15) is 5.75 Å². The summed E-state index contributed by atoms with van der Waals surface area (Å²) in [7, 11) is 1.68. The first kappa shape index (κ1) is 20.6. The van der Waals surface area contributed by atoms with Crippen LogP contribution in [0.2, 0.25) is 0 Å². The van der Waals surface area contributed by atoms with E-state index < -0.39 is 0 Å². The van der Waals surface area contributed by atoms with Gasteiger partial charge >= 0.3 is 0 Å². The van der Waals surface area contributed by atoms with Crippen LogP contribution in [0.4, 0.5) is 5.69 Å². The minimum Gasteiger partial charge on any atom is -0.497 e. The van der Waals surface area contributed by atoms with Crippen molar-refractivity contribution in [2.75, 3.05) is 43.9 Å². The van der Waals surface area contributed by atoms with Gasteiger partial charge < -0.3 is 20.3 Å². The average Bonchev–Trinajstić information content (AvgIpc) is 2.79. The number of amidine groups is 1. The smallest absolute Gasteiger partial charge is 0.253 e. The number of methoxy groups -OCH3 is 1. The summed E-state index contributed by atoms with van der Waals surface area (Å²) in [6.45, 7) is 5.12. The lowest BCUT2D eigenvalue weighted by Crippen LogP contribution is -2.48. The maximum absolute atomic E-state index is 13.0. The van der Waals surface area contributed by atoms with Gasteiger partial charge in [0.25, 0.3) is 5.91 Å². The summed E-state index contributed by atoms with van der Waals surface area (Å²) >= 11 is 1.60. The van der Waals surface area contributed by atoms with Crippen molar-refractivity contribution in [3.63, 3.8) is 0 Å². The Morgan fingerprint density at radius 3 is 2.53 bits per heavy atom. The second kappa shape index (κ2) is 8.60. The van der Waals surface area contributed by atoms with Crippen molar-refractivity contribution < 1.29 is 9.53 Å². The highest BCUT2D eigenvalue weighted by atomic mass is 32.2. The van der Waals surface area contributed by atoms with Crippen LogP contribution in [-0.4, -0.2) is 55.0 Å². The number of nitrogens with zero attached hydrogens (tertiary/aromatic N) is 3. The largest absolute Gasteiger partial charge is 0.497 e. The molecule has 1 fully saturated rings. The molecule has 158 valence electrons. The van der Waals surface area contributed by atoms with Crippen LogP contribution >= 0.6 is 11.8 Å². The zero-order valence-electron chi connectivity index (χ0n) is 17.5. The second-order valence-electron chi connectivity index (χ2n) is 7.88. The highest BCUT2D eigenvalue weighted by Gasteiger charge is 2.30. The molecule has 0 saturated carbocycles. The molecule has 2 aliphatic heterocycles. The monoisotopic (exact) mass is 424 g/mol. The minimum absolute atomic E-state index is 0.0826. The van der Waals surface area contributed by atoms with E-state index in [0.717, 1.165) is 47.8 Å². The number of ether oxygens (including phenoxy) is 1. The number of piperazine rings is 1. The van der Waals surface area contributed by atoms with Crippen LogP contribution < -0.4 is 15.4 Å². The Kier molecular flexibility index (Phi) is 5.90. The number of benzene rings is 2. The van der Waals surface area contributed by atoms with Crippen molar-refractivity contribution in [3.05, 3.63) is 59.7 Å². The Morgan fingerprint density at radius 2 is 1.87 bits per heavy atom. The van der Waals surface area contributed by atoms with Gasteiger partial charge in [-0.1, -0.05) is 30.0 Å². The van der Waals surface area contributed by atoms with E-state index in [2.05, 4.69) is 22.9 Å². The zero-order chi connectivity index (χ0) is 21.1. The number of carbonyl (C=O) groups excluding carboxylic acids is 1. The minimum atomic E-state index is -0.306. The van der Waals surface area contributed by atoms with E-state index >= 15 is 0 Å². The Bertz CT molecular complexity index is 938. The number of aliphatic imine (C=N–C) groups is 1. The molecule has 1 atom stereocenters. The van der Waals surface area contributed by atoms with Crippen LogP contribution in [-0.2, 0) is 5.54 Å². The Balaban J connectivity index is 1.40. The summed E-state index contributed by atoms with van der Waals surface area (Å²) in [6.07, 6.45) is 0.942. The van der Waals surface area contributed by atoms with Crippen molar-refractivity contribution in [2.24, 2.45) is 10.7 Å². The lowest BCUT2D eigenvalue weighted by atomic mass is 9.89. The van der Waals surface area contributed by atoms with Crippen LogP contribution in [0, 0.1) is 0 Å². The quantitative estimate of drug-likeness (QED) is 0.815. The van der Waals surface area contributed by atoms with Gasteiger partial charge in [-0.3, -0.25) is 9.79 Å². The van der Waals surface area contributed by atoms with Gasteiger partial charge in [-0.2, -0.15) is 0 Å². The summed E-state index contributed by atoms with van der Waals surface area (Å²) < 4.78 is 5.32. The third kappa shape index (κ3) is 4.26. The van der Waals surface area contributed by atoms with E-state index in [1.807, 2.05) is 47.4 Å². The SMILES string of the molecule is COc1cccc(N2CCN(C(=O)c3ccc(C4(C)CCSC(N)=N4)cc3)CC2)c1. The third-order valence-electron chi connectivity index (χ3n) is 5.93. The number of rotatable bonds is 4. The van der Waals surface area contributed by atoms with Gasteiger partial charge in [-0.25, -0.2) is 0 Å². The van der Waals surface area contributed by atoms with Crippen LogP contribution in [0.1, 0.15) is 29.3 Å². The second-order valence-corrected chi connectivity index (χ2v) is 9.00. The zero-order valence-corrected chi connectivity index (χ0v) is 18.3. The predicted molar refractivity (Wildman–Crippen MR) is 124 cm³/mol. The molecule has 2 aliphatic rings. The van der Waals surface area contributed by atoms with E-state index in [0.29, 0.717) is 18.3 Å². The lowest BCUT2D eigenvalue weighted by molar-refractivity contribution is 0.0746. The molecular formula is C23H28N4O2S. The van der Waals surface area contributed by atoms with Gasteiger partial charge in [0.15, 0.2) is 5.17 Å². The number of hydrogen-bond acceptors (Lipinski definition) is 6. The average molecular weight is 425 g/mol. The molecule has 1 saturated heterocycles. The van der Waals surface area contributed by atoms with E-state index in [9.17, 15) is 4.79 Å². The first-order valence-electron chi connectivity index (χ1n) is 10.3. The topological polar surface area (TPSA) is 71.2 Å². The first-order chi connectivity index (χ1) is 14.5. The highest BCUT2D eigenvalue weighted by molar-refractivity contribution is 8.13. The number of nitrogens with two attached hydrogens (primary N) is 1. The molecule has 4 rings (SSSR count). The molecule has 0 aliphatic carbocycles. The van der Waals surface area contributed by atoms with Crippen LogP contribution in [0.5, 0.6) is 5.75 Å². The molecule has 0 spiro atoms. The summed E-state index contributed by atoms with van der Waals surface area (Å²) in [6, 6.07) is 15.9. The van der Waals surface area contributed by atoms with Gasteiger partial charge in [-0.05, 0) is 43.2 Å². The maximum Gasteiger partial charge on any atom is 0.253 e. The molecule has 6 nitrogen and oxygen atoms in total. The maximum atomic E-state index is 13.0. The molecule has 7 heteroatoms. The third-order valence-corrected chi connectivity index (χ3v) is 6.73. The molecule has 1 unspecified atom stereocenters. The van der Waals surface area contributed by atoms with Crippen molar-refractivity contribution in [2.45, 2.75) is 18.9 Å². The number of hydrogen-bond donors (Lipinski definition) is 1. The summed E-state index contributed by atoms with van der Waals surface area (Å²) in [4.78, 5) is 21.9. The molecule has 2 aromatic carbocycles. The van der Waals surface area contributed by atoms with Crippen molar-refractivity contribution in [3.8, 4) is 5.75 Å². The van der Waals surface area contributed by atoms with E-state index in [1.54, 1.807) is 18.9 Å². The van der Waals surface area contributed by atoms with Gasteiger partial charge in [0, 0.05) is 49.2 Å². The van der Waals surface area contributed by atoms with E-state index in [1.165, 1.54) is 0 Å². The summed E-state index contributed by atoms with van der Waals surface area (Å²) in [5.41, 5.74) is 8.58. The molecule has 30 heavy (non-hydrogen) atoms. The number of anilines is 1. The molecule has 0 radical (unpaired) electrons. The summed E-state index contributed by atoms with van der Waals surface area (Å²) in [5, 5.41) is 0.637. The number of thioether (sulfide) groups is 1. The first-order valence-corrected chi connectivity index (χ1v) is 11.2. The van der Waals surface area contributed by atoms with Gasteiger partial charge in [0.2, 0.25) is 0 Å².